The average molecular weight is 263 g/mol. The molecule has 1 aromatic carbocycles. The summed E-state index contributed by atoms with van der Waals surface area (Å²) in [6, 6.07) is 5.69. The molecule has 0 bridgehead atoms. The second-order valence-corrected chi connectivity index (χ2v) is 5.32. The van der Waals surface area contributed by atoms with E-state index in [4.69, 9.17) is 5.73 Å². The Balaban J connectivity index is 2.45. The second kappa shape index (κ2) is 5.57. The third-order valence-electron chi connectivity index (χ3n) is 4.07. The number of rotatable bonds is 3. The molecule has 0 amide bonds. The molecule has 0 aliphatic carbocycles. The highest BCUT2D eigenvalue weighted by Crippen LogP contribution is 2.36. The number of anilines is 1. The van der Waals surface area contributed by atoms with Crippen molar-refractivity contribution in [2.75, 3.05) is 18.0 Å². The van der Waals surface area contributed by atoms with Crippen LogP contribution in [-0.2, 0) is 0 Å². The van der Waals surface area contributed by atoms with Crippen LogP contribution in [0.4, 0.5) is 11.4 Å². The van der Waals surface area contributed by atoms with Crippen LogP contribution in [0, 0.1) is 23.0 Å². The molecule has 2 unspecified atom stereocenters. The second-order valence-electron chi connectivity index (χ2n) is 5.32. The van der Waals surface area contributed by atoms with Gasteiger partial charge >= 0.3 is 0 Å². The van der Waals surface area contributed by atoms with Crippen molar-refractivity contribution >= 4 is 11.4 Å². The topological polar surface area (TPSA) is 72.4 Å². The molecule has 5 heteroatoms. The van der Waals surface area contributed by atoms with Gasteiger partial charge in [0.2, 0.25) is 0 Å². The quantitative estimate of drug-likeness (QED) is 0.671. The van der Waals surface area contributed by atoms with Gasteiger partial charge in [0.05, 0.1) is 4.92 Å². The van der Waals surface area contributed by atoms with E-state index in [1.807, 2.05) is 12.1 Å². The minimum absolute atomic E-state index is 0.189. The summed E-state index contributed by atoms with van der Waals surface area (Å²) in [5.41, 5.74) is 7.51. The zero-order valence-electron chi connectivity index (χ0n) is 11.5. The molecular formula is C14H21N3O2. The number of benzene rings is 1. The molecule has 0 spiro atoms. The number of nitrogens with two attached hydrogens (primary N) is 1. The average Bonchev–Trinajstić information content (AvgIpc) is 2.37. The van der Waals surface area contributed by atoms with Crippen molar-refractivity contribution in [3.63, 3.8) is 0 Å². The van der Waals surface area contributed by atoms with Gasteiger partial charge in [0.15, 0.2) is 0 Å². The molecule has 1 saturated heterocycles. The van der Waals surface area contributed by atoms with Crippen LogP contribution < -0.4 is 10.6 Å². The Kier molecular flexibility index (Phi) is 4.04. The van der Waals surface area contributed by atoms with Crippen LogP contribution in [0.3, 0.4) is 0 Å². The predicted octanol–water partition coefficient (Wildman–Crippen LogP) is 2.47. The minimum atomic E-state index is -0.280. The molecule has 2 atom stereocenters. The van der Waals surface area contributed by atoms with Crippen molar-refractivity contribution in [2.24, 2.45) is 11.7 Å². The van der Waals surface area contributed by atoms with Gasteiger partial charge in [-0.2, -0.15) is 0 Å². The number of aryl methyl sites for hydroxylation is 1. The summed E-state index contributed by atoms with van der Waals surface area (Å²) in [4.78, 5) is 13.2. The molecule has 1 heterocycles. The Labute approximate surface area is 113 Å². The maximum atomic E-state index is 11.3. The lowest BCUT2D eigenvalue weighted by Gasteiger charge is -2.40. The first-order chi connectivity index (χ1) is 9.06. The number of nitro groups is 1. The largest absolute Gasteiger partial charge is 0.361 e. The normalized spacial score (nSPS) is 23.4. The molecule has 19 heavy (non-hydrogen) atoms. The summed E-state index contributed by atoms with van der Waals surface area (Å²) in [6.45, 7) is 5.33. The van der Waals surface area contributed by atoms with Crippen molar-refractivity contribution in [2.45, 2.75) is 32.7 Å². The summed E-state index contributed by atoms with van der Waals surface area (Å²) >= 11 is 0. The number of piperidine rings is 1. The molecule has 1 aromatic rings. The molecule has 0 aromatic heterocycles. The van der Waals surface area contributed by atoms with Crippen LogP contribution in [-0.4, -0.2) is 24.1 Å². The van der Waals surface area contributed by atoms with E-state index in [9.17, 15) is 10.1 Å². The van der Waals surface area contributed by atoms with Crippen molar-refractivity contribution in [1.29, 1.82) is 0 Å². The maximum absolute atomic E-state index is 11.3. The first-order valence-corrected chi connectivity index (χ1v) is 6.77. The minimum Gasteiger partial charge on any atom is -0.361 e. The highest BCUT2D eigenvalue weighted by Gasteiger charge is 2.31. The number of nitrogens with zero attached hydrogens (tertiary/aromatic N) is 2. The number of nitro benzene ring substituents is 1. The lowest BCUT2D eigenvalue weighted by atomic mass is 9.90. The van der Waals surface area contributed by atoms with E-state index in [1.54, 1.807) is 13.0 Å². The third kappa shape index (κ3) is 2.56. The Bertz CT molecular complexity index is 476. The molecule has 1 fully saturated rings. The van der Waals surface area contributed by atoms with Crippen LogP contribution in [0.1, 0.15) is 25.3 Å². The summed E-state index contributed by atoms with van der Waals surface area (Å²) in [7, 11) is 0. The SMILES string of the molecule is Cc1cccc(N2CCCC(C)C2CN)c1[N+](=O)[O-]. The summed E-state index contributed by atoms with van der Waals surface area (Å²) < 4.78 is 0. The molecule has 1 aliphatic heterocycles. The summed E-state index contributed by atoms with van der Waals surface area (Å²) in [5.74, 6) is 0.471. The standard InChI is InChI=1S/C14H21N3O2/c1-10-6-4-8-16(13(10)9-15)12-7-3-5-11(2)14(12)17(18)19/h3,5,7,10,13H,4,6,8-9,15H2,1-2H3. The van der Waals surface area contributed by atoms with Gasteiger partial charge in [-0.15, -0.1) is 0 Å². The van der Waals surface area contributed by atoms with Crippen molar-refractivity contribution < 1.29 is 4.92 Å². The lowest BCUT2D eigenvalue weighted by Crippen LogP contribution is -2.49. The van der Waals surface area contributed by atoms with Crippen LogP contribution >= 0.6 is 0 Å². The van der Waals surface area contributed by atoms with E-state index < -0.39 is 0 Å². The van der Waals surface area contributed by atoms with Gasteiger partial charge < -0.3 is 10.6 Å². The van der Waals surface area contributed by atoms with Crippen molar-refractivity contribution in [3.05, 3.63) is 33.9 Å². The van der Waals surface area contributed by atoms with Gasteiger partial charge in [-0.25, -0.2) is 0 Å². The molecular weight excluding hydrogens is 242 g/mol. The van der Waals surface area contributed by atoms with Crippen molar-refractivity contribution in [3.8, 4) is 0 Å². The van der Waals surface area contributed by atoms with E-state index >= 15 is 0 Å². The fraction of sp³-hybridized carbons (Fsp3) is 0.571. The Morgan fingerprint density at radius 3 is 2.89 bits per heavy atom. The van der Waals surface area contributed by atoms with Crippen LogP contribution in [0.15, 0.2) is 18.2 Å². The van der Waals surface area contributed by atoms with E-state index in [2.05, 4.69) is 11.8 Å². The molecule has 104 valence electrons. The Morgan fingerprint density at radius 1 is 1.53 bits per heavy atom. The lowest BCUT2D eigenvalue weighted by molar-refractivity contribution is -0.384. The van der Waals surface area contributed by atoms with Gasteiger partial charge in [0.25, 0.3) is 5.69 Å². The van der Waals surface area contributed by atoms with Gasteiger partial charge in [0.1, 0.15) is 5.69 Å². The highest BCUT2D eigenvalue weighted by molar-refractivity contribution is 5.67. The zero-order valence-corrected chi connectivity index (χ0v) is 11.5. The smallest absolute Gasteiger partial charge is 0.295 e. The molecule has 2 N–H and O–H groups in total. The predicted molar refractivity (Wildman–Crippen MR) is 76.4 cm³/mol. The van der Waals surface area contributed by atoms with E-state index in [0.717, 1.165) is 19.4 Å². The summed E-state index contributed by atoms with van der Waals surface area (Å²) in [5, 5.41) is 11.3. The van der Waals surface area contributed by atoms with E-state index in [-0.39, 0.29) is 16.7 Å². The Hall–Kier alpha value is -1.62. The van der Waals surface area contributed by atoms with E-state index in [1.165, 1.54) is 0 Å². The number of hydrogen-bond acceptors (Lipinski definition) is 4. The molecule has 2 rings (SSSR count). The van der Waals surface area contributed by atoms with Gasteiger partial charge in [-0.05, 0) is 31.7 Å². The number of hydrogen-bond donors (Lipinski definition) is 1. The maximum Gasteiger partial charge on any atom is 0.295 e. The highest BCUT2D eigenvalue weighted by atomic mass is 16.6. The van der Waals surface area contributed by atoms with Crippen LogP contribution in [0.25, 0.3) is 0 Å². The third-order valence-corrected chi connectivity index (χ3v) is 4.07. The molecule has 1 aliphatic rings. The van der Waals surface area contributed by atoms with E-state index in [0.29, 0.717) is 23.7 Å². The first kappa shape index (κ1) is 13.8. The Morgan fingerprint density at radius 2 is 2.26 bits per heavy atom. The molecule has 0 saturated carbocycles. The fourth-order valence-corrected chi connectivity index (χ4v) is 3.02. The van der Waals surface area contributed by atoms with Gasteiger partial charge in [0, 0.05) is 24.7 Å². The van der Waals surface area contributed by atoms with Crippen LogP contribution in [0.2, 0.25) is 0 Å². The first-order valence-electron chi connectivity index (χ1n) is 6.77. The number of para-hydroxylation sites is 1. The zero-order chi connectivity index (χ0) is 14.0. The monoisotopic (exact) mass is 263 g/mol. The van der Waals surface area contributed by atoms with Crippen molar-refractivity contribution in [1.82, 2.24) is 0 Å². The van der Waals surface area contributed by atoms with Crippen LogP contribution in [0.5, 0.6) is 0 Å². The molecule has 5 nitrogen and oxygen atoms in total. The van der Waals surface area contributed by atoms with Gasteiger partial charge in [-0.1, -0.05) is 19.1 Å². The fourth-order valence-electron chi connectivity index (χ4n) is 3.02. The summed E-state index contributed by atoms with van der Waals surface area (Å²) in [6.07, 6.45) is 2.20. The van der Waals surface area contributed by atoms with Gasteiger partial charge in [-0.3, -0.25) is 10.1 Å². The molecule has 0 radical (unpaired) electrons.